The molecule has 0 bridgehead atoms. The van der Waals surface area contributed by atoms with Gasteiger partial charge in [0.05, 0.1) is 44.2 Å². The van der Waals surface area contributed by atoms with Gasteiger partial charge < -0.3 is 14.6 Å². The van der Waals surface area contributed by atoms with Crippen LogP contribution in [0.15, 0.2) is 4.79 Å². The number of hydrogen-bond acceptors (Lipinski definition) is 4. The molecule has 0 saturated carbocycles. The Hall–Kier alpha value is -1.27. The van der Waals surface area contributed by atoms with Gasteiger partial charge in [-0.25, -0.2) is 4.79 Å². The van der Waals surface area contributed by atoms with Crippen molar-refractivity contribution in [2.45, 2.75) is 38.6 Å². The average molecular weight is 240 g/mol. The second-order valence-corrected chi connectivity index (χ2v) is 4.54. The monoisotopic (exact) mass is 240 g/mol. The topological polar surface area (TPSA) is 72.2 Å². The van der Waals surface area contributed by atoms with Crippen molar-refractivity contribution in [3.63, 3.8) is 0 Å². The number of imidazole rings is 1. The smallest absolute Gasteiger partial charge is 0.331 e. The normalized spacial score (nSPS) is 26.2. The first-order valence-corrected chi connectivity index (χ1v) is 5.95. The average Bonchev–Trinajstić information content (AvgIpc) is 3.18. The summed E-state index contributed by atoms with van der Waals surface area (Å²) in [6.45, 7) is 4.28. The minimum absolute atomic E-state index is 0.0775. The Morgan fingerprint density at radius 1 is 1.24 bits per heavy atom. The minimum atomic E-state index is -0.162. The zero-order valence-corrected chi connectivity index (χ0v) is 9.76. The van der Waals surface area contributed by atoms with Crippen LogP contribution in [0.1, 0.15) is 12.6 Å². The number of aromatic nitrogens is 2. The van der Waals surface area contributed by atoms with Crippen molar-refractivity contribution in [2.75, 3.05) is 13.2 Å². The number of epoxide rings is 2. The van der Waals surface area contributed by atoms with Crippen molar-refractivity contribution in [2.24, 2.45) is 0 Å². The highest BCUT2D eigenvalue weighted by molar-refractivity contribution is 5.21. The number of rotatable bonds is 5. The van der Waals surface area contributed by atoms with Crippen molar-refractivity contribution < 1.29 is 14.6 Å². The summed E-state index contributed by atoms with van der Waals surface area (Å²) in [5.74, 6) is 0.0775. The molecule has 94 valence electrons. The number of hydrogen-bond donors (Lipinski definition) is 1. The molecule has 2 aliphatic heterocycles. The first kappa shape index (κ1) is 10.9. The standard InChI is InChI=1S/C11H16N2O4/c1-2-9-10(14)13(4-8-6-17-8)11(15)12(9)3-7-5-16-7/h7-8,14H,2-6H2,1H3. The molecular formula is C11H16N2O4. The maximum Gasteiger partial charge on any atom is 0.331 e. The van der Waals surface area contributed by atoms with Gasteiger partial charge in [0.15, 0.2) is 0 Å². The molecule has 3 heterocycles. The van der Waals surface area contributed by atoms with Gasteiger partial charge in [-0.1, -0.05) is 6.92 Å². The molecule has 0 spiro atoms. The van der Waals surface area contributed by atoms with Gasteiger partial charge in [0.1, 0.15) is 0 Å². The number of ether oxygens (including phenoxy) is 2. The van der Waals surface area contributed by atoms with Crippen LogP contribution < -0.4 is 5.69 Å². The van der Waals surface area contributed by atoms with Crippen LogP contribution in [-0.4, -0.2) is 39.7 Å². The van der Waals surface area contributed by atoms with E-state index < -0.39 is 0 Å². The molecule has 6 heteroatoms. The first-order chi connectivity index (χ1) is 8.20. The summed E-state index contributed by atoms with van der Waals surface area (Å²) < 4.78 is 13.3. The fourth-order valence-electron chi connectivity index (χ4n) is 2.08. The SMILES string of the molecule is CCc1c(O)n(CC2CO2)c(=O)n1CC1CO1. The van der Waals surface area contributed by atoms with E-state index in [2.05, 4.69) is 0 Å². The Bertz CT molecular complexity index is 482. The van der Waals surface area contributed by atoms with E-state index in [0.717, 1.165) is 0 Å². The molecule has 2 saturated heterocycles. The lowest BCUT2D eigenvalue weighted by atomic mass is 10.3. The number of aromatic hydroxyl groups is 1. The molecule has 1 aromatic heterocycles. The fourth-order valence-corrected chi connectivity index (χ4v) is 2.08. The third kappa shape index (κ3) is 1.98. The maximum absolute atomic E-state index is 12.2. The summed E-state index contributed by atoms with van der Waals surface area (Å²) in [5.41, 5.74) is 0.525. The molecule has 17 heavy (non-hydrogen) atoms. The predicted octanol–water partition coefficient (Wildman–Crippen LogP) is -0.285. The Balaban J connectivity index is 1.96. The highest BCUT2D eigenvalue weighted by Crippen LogP contribution is 2.22. The zero-order chi connectivity index (χ0) is 12.0. The third-order valence-electron chi connectivity index (χ3n) is 3.21. The van der Waals surface area contributed by atoms with Gasteiger partial charge in [-0.2, -0.15) is 0 Å². The van der Waals surface area contributed by atoms with E-state index in [4.69, 9.17) is 9.47 Å². The van der Waals surface area contributed by atoms with Gasteiger partial charge in [-0.3, -0.25) is 9.13 Å². The summed E-state index contributed by atoms with van der Waals surface area (Å²) in [6.07, 6.45) is 0.841. The molecule has 3 rings (SSSR count). The summed E-state index contributed by atoms with van der Waals surface area (Å²) in [4.78, 5) is 12.2. The van der Waals surface area contributed by atoms with Crippen molar-refractivity contribution in [1.82, 2.24) is 9.13 Å². The Kier molecular flexibility index (Phi) is 2.48. The summed E-state index contributed by atoms with van der Waals surface area (Å²) in [7, 11) is 0. The summed E-state index contributed by atoms with van der Waals surface area (Å²) in [5, 5.41) is 10.0. The second kappa shape index (κ2) is 3.89. The van der Waals surface area contributed by atoms with Gasteiger partial charge in [0, 0.05) is 0 Å². The quantitative estimate of drug-likeness (QED) is 0.718. The summed E-state index contributed by atoms with van der Waals surface area (Å²) in [6, 6.07) is 0. The lowest BCUT2D eigenvalue weighted by molar-refractivity contribution is 0.352. The van der Waals surface area contributed by atoms with Gasteiger partial charge in [0.25, 0.3) is 0 Å². The van der Waals surface area contributed by atoms with E-state index in [1.165, 1.54) is 4.57 Å². The van der Waals surface area contributed by atoms with Crippen LogP contribution in [0.5, 0.6) is 5.88 Å². The third-order valence-corrected chi connectivity index (χ3v) is 3.21. The van der Waals surface area contributed by atoms with Gasteiger partial charge in [-0.15, -0.1) is 0 Å². The fraction of sp³-hybridized carbons (Fsp3) is 0.727. The maximum atomic E-state index is 12.2. The Morgan fingerprint density at radius 3 is 2.24 bits per heavy atom. The minimum Gasteiger partial charge on any atom is -0.493 e. The molecule has 1 aromatic rings. The van der Waals surface area contributed by atoms with Gasteiger partial charge in [0.2, 0.25) is 5.88 Å². The van der Waals surface area contributed by atoms with Crippen LogP contribution in [0.25, 0.3) is 0 Å². The lowest BCUT2D eigenvalue weighted by Gasteiger charge is -2.01. The van der Waals surface area contributed by atoms with E-state index in [0.29, 0.717) is 38.4 Å². The van der Waals surface area contributed by atoms with Crippen molar-refractivity contribution in [3.05, 3.63) is 16.2 Å². The molecule has 6 nitrogen and oxygen atoms in total. The second-order valence-electron chi connectivity index (χ2n) is 4.54. The molecule has 2 atom stereocenters. The molecule has 2 aliphatic rings. The van der Waals surface area contributed by atoms with Gasteiger partial charge >= 0.3 is 5.69 Å². The summed E-state index contributed by atoms with van der Waals surface area (Å²) >= 11 is 0. The first-order valence-electron chi connectivity index (χ1n) is 5.95. The molecule has 1 N–H and O–H groups in total. The van der Waals surface area contributed by atoms with E-state index >= 15 is 0 Å². The molecule has 2 fully saturated rings. The number of nitrogens with zero attached hydrogens (tertiary/aromatic N) is 2. The van der Waals surface area contributed by atoms with E-state index in [1.54, 1.807) is 4.57 Å². The largest absolute Gasteiger partial charge is 0.493 e. The van der Waals surface area contributed by atoms with E-state index in [-0.39, 0.29) is 23.8 Å². The van der Waals surface area contributed by atoms with Crippen LogP contribution in [-0.2, 0) is 29.0 Å². The molecular weight excluding hydrogens is 224 g/mol. The Morgan fingerprint density at radius 2 is 1.76 bits per heavy atom. The van der Waals surface area contributed by atoms with Crippen LogP contribution in [0.4, 0.5) is 0 Å². The molecule has 0 aliphatic carbocycles. The highest BCUT2D eigenvalue weighted by Gasteiger charge is 2.30. The molecule has 0 radical (unpaired) electrons. The van der Waals surface area contributed by atoms with Crippen molar-refractivity contribution in [3.8, 4) is 5.88 Å². The molecule has 0 aromatic carbocycles. The van der Waals surface area contributed by atoms with Crippen LogP contribution >= 0.6 is 0 Å². The Labute approximate surface area is 98.4 Å². The van der Waals surface area contributed by atoms with Gasteiger partial charge in [-0.05, 0) is 6.42 Å². The van der Waals surface area contributed by atoms with Crippen molar-refractivity contribution in [1.29, 1.82) is 0 Å². The predicted molar refractivity (Wildman–Crippen MR) is 59.2 cm³/mol. The van der Waals surface area contributed by atoms with E-state index in [1.807, 2.05) is 6.92 Å². The van der Waals surface area contributed by atoms with Crippen LogP contribution in [0.3, 0.4) is 0 Å². The molecule has 0 amide bonds. The molecule has 2 unspecified atom stereocenters. The van der Waals surface area contributed by atoms with Crippen LogP contribution in [0, 0.1) is 0 Å². The highest BCUT2D eigenvalue weighted by atomic mass is 16.6. The zero-order valence-electron chi connectivity index (χ0n) is 9.76. The lowest BCUT2D eigenvalue weighted by Crippen LogP contribution is -2.28. The van der Waals surface area contributed by atoms with Crippen LogP contribution in [0.2, 0.25) is 0 Å². The van der Waals surface area contributed by atoms with Crippen molar-refractivity contribution >= 4 is 0 Å². The van der Waals surface area contributed by atoms with E-state index in [9.17, 15) is 9.90 Å².